The second kappa shape index (κ2) is 14.0. The summed E-state index contributed by atoms with van der Waals surface area (Å²) in [5.41, 5.74) is 0.710. The van der Waals surface area contributed by atoms with Gasteiger partial charge in [-0.25, -0.2) is 0 Å². The van der Waals surface area contributed by atoms with Crippen LogP contribution in [0.4, 0.5) is 0 Å². The van der Waals surface area contributed by atoms with E-state index in [-0.39, 0.29) is 51.8 Å². The maximum Gasteiger partial charge on any atom is 0.309 e. The summed E-state index contributed by atoms with van der Waals surface area (Å²) in [6.45, 7) is 23.4. The smallest absolute Gasteiger partial charge is 0.309 e. The molecule has 0 aromatic carbocycles. The van der Waals surface area contributed by atoms with E-state index in [0.717, 1.165) is 82.5 Å². The summed E-state index contributed by atoms with van der Waals surface area (Å²) in [6, 6.07) is 0. The van der Waals surface area contributed by atoms with Crippen LogP contribution >= 0.6 is 0 Å². The van der Waals surface area contributed by atoms with Gasteiger partial charge in [-0.05, 0) is 144 Å². The molecule has 0 saturated heterocycles. The Hall–Kier alpha value is -1.77. The summed E-state index contributed by atoms with van der Waals surface area (Å²) in [5, 5.41) is 22.1. The number of hydrogen-bond donors (Lipinski definition) is 2. The van der Waals surface area contributed by atoms with Gasteiger partial charge in [0.2, 0.25) is 0 Å². The van der Waals surface area contributed by atoms with Gasteiger partial charge in [-0.3, -0.25) is 19.3 Å². The first-order valence-electron chi connectivity index (χ1n) is 21.3. The summed E-state index contributed by atoms with van der Waals surface area (Å²) in [7, 11) is 4.24. The van der Waals surface area contributed by atoms with Gasteiger partial charge in [-0.1, -0.05) is 54.0 Å². The van der Waals surface area contributed by atoms with Gasteiger partial charge in [0.25, 0.3) is 0 Å². The van der Waals surface area contributed by atoms with Gasteiger partial charge < -0.3 is 19.8 Å². The number of ether oxygens (including phenoxy) is 1. The van der Waals surface area contributed by atoms with Crippen molar-refractivity contribution in [1.82, 2.24) is 9.80 Å². The van der Waals surface area contributed by atoms with Crippen LogP contribution in [0, 0.1) is 62.1 Å². The van der Waals surface area contributed by atoms with E-state index in [9.17, 15) is 24.6 Å². The summed E-state index contributed by atoms with van der Waals surface area (Å²) >= 11 is 0. The quantitative estimate of drug-likeness (QED) is 0.183. The Labute approximate surface area is 321 Å². The maximum atomic E-state index is 14.2. The Morgan fingerprint density at radius 1 is 0.887 bits per heavy atom. The minimum Gasteiger partial charge on any atom is -0.481 e. The van der Waals surface area contributed by atoms with Crippen molar-refractivity contribution in [2.45, 2.75) is 152 Å². The number of rotatable bonds is 13. The number of carboxylic acid groups (broad SMARTS) is 1. The lowest BCUT2D eigenvalue weighted by Gasteiger charge is -2.72. The number of esters is 1. The number of aliphatic hydroxyl groups is 1. The maximum absolute atomic E-state index is 14.2. The number of carbonyl (C=O) groups is 3. The fourth-order valence-electron chi connectivity index (χ4n) is 13.6. The predicted octanol–water partition coefficient (Wildman–Crippen LogP) is 8.01. The number of fused-ring (bicyclic) bond motifs is 7. The van der Waals surface area contributed by atoms with E-state index in [2.05, 4.69) is 72.4 Å². The molecule has 6 rings (SSSR count). The van der Waals surface area contributed by atoms with Gasteiger partial charge >= 0.3 is 11.9 Å². The molecule has 0 aromatic rings. The number of hydrogen-bond acceptors (Lipinski definition) is 7. The lowest BCUT2D eigenvalue weighted by molar-refractivity contribution is -0.235. The largest absolute Gasteiger partial charge is 0.481 e. The van der Waals surface area contributed by atoms with Crippen molar-refractivity contribution < 1.29 is 29.3 Å². The van der Waals surface area contributed by atoms with Crippen LogP contribution < -0.4 is 0 Å². The van der Waals surface area contributed by atoms with Gasteiger partial charge in [-0.2, -0.15) is 0 Å². The normalized spacial score (nSPS) is 38.7. The van der Waals surface area contributed by atoms with Crippen LogP contribution in [-0.2, 0) is 19.1 Å². The first kappa shape index (κ1) is 40.9. The molecule has 0 bridgehead atoms. The molecule has 0 heterocycles. The van der Waals surface area contributed by atoms with Crippen molar-refractivity contribution in [2.75, 3.05) is 40.3 Å². The second-order valence-electron chi connectivity index (χ2n) is 21.6. The Kier molecular flexibility index (Phi) is 10.8. The molecule has 5 fully saturated rings. The lowest BCUT2D eigenvalue weighted by atomic mass is 9.33. The molecule has 0 radical (unpaired) electrons. The first-order valence-corrected chi connectivity index (χ1v) is 21.3. The van der Waals surface area contributed by atoms with E-state index < -0.39 is 28.9 Å². The average Bonchev–Trinajstić information content (AvgIpc) is 3.80. The molecule has 0 amide bonds. The number of carboxylic acids is 1. The second-order valence-corrected chi connectivity index (χ2v) is 21.6. The first-order chi connectivity index (χ1) is 24.5. The van der Waals surface area contributed by atoms with Crippen LogP contribution in [0.2, 0.25) is 0 Å². The molecule has 0 aliphatic heterocycles. The Bertz CT molecular complexity index is 1480. The molecule has 9 atom stereocenters. The van der Waals surface area contributed by atoms with E-state index in [1.165, 1.54) is 18.4 Å². The SMILES string of the molecule is CC(C)C1=C2[C@H]3CC[C@@H]4[C@@]5(C)CC[C@H](OC(=O)CC(C)(C)C(=O)O)C(C)(C)[C@@H]5CC[C@@]4(C)[C@]3(C)CCC2(C(O)CN(CCN(C)C)CC2CC2)CC1=O. The highest BCUT2D eigenvalue weighted by Crippen LogP contribution is 2.77. The van der Waals surface area contributed by atoms with Crippen LogP contribution in [0.15, 0.2) is 11.1 Å². The number of Topliss-reactive ketones (excluding diaryl/α,β-unsaturated/α-hetero) is 1. The van der Waals surface area contributed by atoms with Crippen molar-refractivity contribution >= 4 is 17.7 Å². The zero-order valence-corrected chi connectivity index (χ0v) is 35.3. The van der Waals surface area contributed by atoms with Crippen molar-refractivity contribution in [1.29, 1.82) is 0 Å². The highest BCUT2D eigenvalue weighted by Gasteiger charge is 2.71. The Balaban J connectivity index is 1.28. The number of ketones is 1. The molecule has 6 aliphatic carbocycles. The fourth-order valence-corrected chi connectivity index (χ4v) is 13.6. The van der Waals surface area contributed by atoms with E-state index in [0.29, 0.717) is 24.8 Å². The average molecular weight is 739 g/mol. The van der Waals surface area contributed by atoms with Crippen molar-refractivity contribution in [3.05, 3.63) is 11.1 Å². The third-order valence-corrected chi connectivity index (χ3v) is 17.0. The Morgan fingerprint density at radius 3 is 2.17 bits per heavy atom. The zero-order chi connectivity index (χ0) is 39.1. The van der Waals surface area contributed by atoms with Crippen LogP contribution in [0.5, 0.6) is 0 Å². The molecule has 8 nitrogen and oxygen atoms in total. The summed E-state index contributed by atoms with van der Waals surface area (Å²) in [6.07, 6.45) is 10.2. The number of aliphatic carboxylic acids is 1. The number of likely N-dealkylation sites (N-methyl/N-ethyl adjacent to an activating group) is 1. The number of carbonyl (C=O) groups excluding carboxylic acids is 2. The molecular formula is C45H74N2O6. The Morgan fingerprint density at radius 2 is 1.57 bits per heavy atom. The molecule has 0 spiro atoms. The number of allylic oxidation sites excluding steroid dienone is 1. The summed E-state index contributed by atoms with van der Waals surface area (Å²) in [5.74, 6) is 0.958. The highest BCUT2D eigenvalue weighted by atomic mass is 16.5. The lowest BCUT2D eigenvalue weighted by Crippen LogP contribution is -2.66. The molecule has 2 unspecified atom stereocenters. The monoisotopic (exact) mass is 739 g/mol. The topological polar surface area (TPSA) is 107 Å². The molecule has 300 valence electrons. The van der Waals surface area contributed by atoms with Crippen molar-refractivity contribution in [2.24, 2.45) is 62.1 Å². The number of aliphatic hydroxyl groups excluding tert-OH is 1. The molecule has 0 aromatic heterocycles. The standard InChI is InChI=1S/C45H74N2O6/c1-28(2)37-31(48)24-45(34(49)27-47(23-22-46(10)11)26-29-12-13-29)21-20-43(8)30(38(37)45)14-15-33-42(7)18-17-35(53-36(50)25-40(3,4)39(51)52)41(5,6)32(42)16-19-44(33,43)9/h28-30,32-35,49H,12-27H2,1-11H3,(H,51,52)/t30-,32+,33-,34?,35+,42+,43-,44-,45?/m1/s1. The summed E-state index contributed by atoms with van der Waals surface area (Å²) < 4.78 is 6.19. The van der Waals surface area contributed by atoms with Gasteiger partial charge in [0.1, 0.15) is 6.10 Å². The minimum absolute atomic E-state index is 0.0156. The van der Waals surface area contributed by atoms with E-state index in [1.807, 2.05) is 0 Å². The summed E-state index contributed by atoms with van der Waals surface area (Å²) in [4.78, 5) is 43.8. The minimum atomic E-state index is -1.16. The van der Waals surface area contributed by atoms with Gasteiger partial charge in [0, 0.05) is 43.4 Å². The molecule has 8 heteroatoms. The zero-order valence-electron chi connectivity index (χ0n) is 35.3. The van der Waals surface area contributed by atoms with Crippen molar-refractivity contribution in [3.8, 4) is 0 Å². The molecule has 53 heavy (non-hydrogen) atoms. The van der Waals surface area contributed by atoms with E-state index in [4.69, 9.17) is 4.74 Å². The van der Waals surface area contributed by atoms with Crippen LogP contribution in [0.3, 0.4) is 0 Å². The molecule has 2 N–H and O–H groups in total. The van der Waals surface area contributed by atoms with Crippen LogP contribution in [0.25, 0.3) is 0 Å². The number of nitrogens with zero attached hydrogens (tertiary/aromatic N) is 2. The highest BCUT2D eigenvalue weighted by molar-refractivity contribution is 6.00. The van der Waals surface area contributed by atoms with E-state index >= 15 is 0 Å². The van der Waals surface area contributed by atoms with Crippen molar-refractivity contribution in [3.63, 3.8) is 0 Å². The van der Waals surface area contributed by atoms with E-state index in [1.54, 1.807) is 13.8 Å². The molecule has 6 aliphatic rings. The van der Waals surface area contributed by atoms with Gasteiger partial charge in [-0.15, -0.1) is 0 Å². The molecule has 5 saturated carbocycles. The fraction of sp³-hybridized carbons (Fsp3) is 0.889. The van der Waals surface area contributed by atoms with Crippen LogP contribution in [0.1, 0.15) is 139 Å². The van der Waals surface area contributed by atoms with Crippen LogP contribution in [-0.4, -0.2) is 90.2 Å². The third kappa shape index (κ3) is 6.78. The van der Waals surface area contributed by atoms with Gasteiger partial charge in [0.05, 0.1) is 17.9 Å². The van der Waals surface area contributed by atoms with Gasteiger partial charge in [0.15, 0.2) is 5.78 Å². The molecular weight excluding hydrogens is 665 g/mol. The third-order valence-electron chi connectivity index (χ3n) is 17.0. The predicted molar refractivity (Wildman–Crippen MR) is 209 cm³/mol.